The highest BCUT2D eigenvalue weighted by Crippen LogP contribution is 2.50. The molecule has 1 aliphatic heterocycles. The Morgan fingerprint density at radius 2 is 1.09 bits per heavy atom. The Morgan fingerprint density at radius 1 is 0.682 bits per heavy atom. The van der Waals surface area contributed by atoms with Gasteiger partial charge in [0.05, 0.1) is 0 Å². The van der Waals surface area contributed by atoms with Crippen LogP contribution in [0, 0.1) is 17.8 Å². The molecule has 0 bridgehead atoms. The Kier molecular flexibility index (Phi) is 5.22. The third kappa shape index (κ3) is 2.99. The fourth-order valence-electron chi connectivity index (χ4n) is 5.90. The molecule has 22 heavy (non-hydrogen) atoms. The third-order valence-electron chi connectivity index (χ3n) is 7.66. The molecule has 3 fully saturated rings. The van der Waals surface area contributed by atoms with Crippen molar-refractivity contribution in [3.05, 3.63) is 0 Å². The number of hydrogen-bond acceptors (Lipinski definition) is 1. The molecule has 3 rings (SSSR count). The van der Waals surface area contributed by atoms with Gasteiger partial charge in [0, 0.05) is 17.6 Å². The second-order valence-corrected chi connectivity index (χ2v) is 9.31. The lowest BCUT2D eigenvalue weighted by atomic mass is 9.78. The van der Waals surface area contributed by atoms with Gasteiger partial charge in [-0.1, -0.05) is 58.8 Å². The zero-order valence-corrected chi connectivity index (χ0v) is 15.6. The highest BCUT2D eigenvalue weighted by Gasteiger charge is 2.52. The SMILES string of the molecule is CC(C)C(C)(C)N1C2CCCCCCC2C2CCCCCC21. The fraction of sp³-hybridized carbons (Fsp3) is 1.00. The van der Waals surface area contributed by atoms with Crippen LogP contribution in [0.1, 0.15) is 98.3 Å². The number of rotatable bonds is 2. The summed E-state index contributed by atoms with van der Waals surface area (Å²) in [7, 11) is 0. The van der Waals surface area contributed by atoms with E-state index in [4.69, 9.17) is 0 Å². The Bertz CT molecular complexity index is 359. The molecule has 0 spiro atoms. The van der Waals surface area contributed by atoms with Gasteiger partial charge in [-0.05, 0) is 57.3 Å². The quantitative estimate of drug-likeness (QED) is 0.602. The molecule has 3 aliphatic rings. The van der Waals surface area contributed by atoms with Crippen molar-refractivity contribution in [1.82, 2.24) is 4.90 Å². The summed E-state index contributed by atoms with van der Waals surface area (Å²) in [6.45, 7) is 9.98. The van der Waals surface area contributed by atoms with Crippen molar-refractivity contribution in [2.24, 2.45) is 17.8 Å². The third-order valence-corrected chi connectivity index (χ3v) is 7.66. The fourth-order valence-corrected chi connectivity index (χ4v) is 5.90. The molecule has 1 heteroatoms. The molecular weight excluding hydrogens is 266 g/mol. The summed E-state index contributed by atoms with van der Waals surface area (Å²) in [5.74, 6) is 2.78. The first-order valence-corrected chi connectivity index (χ1v) is 10.3. The van der Waals surface area contributed by atoms with Crippen molar-refractivity contribution in [2.75, 3.05) is 0 Å². The van der Waals surface area contributed by atoms with Crippen LogP contribution in [0.5, 0.6) is 0 Å². The van der Waals surface area contributed by atoms with Crippen molar-refractivity contribution in [3.8, 4) is 0 Å². The van der Waals surface area contributed by atoms with Crippen molar-refractivity contribution in [1.29, 1.82) is 0 Å². The van der Waals surface area contributed by atoms with E-state index in [2.05, 4.69) is 32.6 Å². The van der Waals surface area contributed by atoms with Crippen LogP contribution in [-0.2, 0) is 0 Å². The van der Waals surface area contributed by atoms with Crippen LogP contribution >= 0.6 is 0 Å². The molecule has 4 atom stereocenters. The summed E-state index contributed by atoms with van der Waals surface area (Å²) in [6.07, 6.45) is 16.4. The maximum Gasteiger partial charge on any atom is 0.0182 e. The molecule has 1 saturated heterocycles. The van der Waals surface area contributed by atoms with Gasteiger partial charge in [-0.3, -0.25) is 4.90 Å². The summed E-state index contributed by atoms with van der Waals surface area (Å²) in [5.41, 5.74) is 0.367. The van der Waals surface area contributed by atoms with Crippen LogP contribution in [-0.4, -0.2) is 22.5 Å². The zero-order valence-electron chi connectivity index (χ0n) is 15.6. The van der Waals surface area contributed by atoms with E-state index in [1.807, 2.05) is 0 Å². The minimum Gasteiger partial charge on any atom is -0.291 e. The Hall–Kier alpha value is -0.0400. The average molecular weight is 306 g/mol. The number of hydrogen-bond donors (Lipinski definition) is 0. The van der Waals surface area contributed by atoms with Gasteiger partial charge in [0.1, 0.15) is 0 Å². The van der Waals surface area contributed by atoms with Gasteiger partial charge in [-0.2, -0.15) is 0 Å². The van der Waals surface area contributed by atoms with Gasteiger partial charge in [0.25, 0.3) is 0 Å². The normalized spacial score (nSPS) is 38.0. The molecule has 4 unspecified atom stereocenters. The molecule has 2 saturated carbocycles. The molecule has 0 aromatic carbocycles. The molecular formula is C21H39N. The topological polar surface area (TPSA) is 3.24 Å². The molecule has 0 N–H and O–H groups in total. The smallest absolute Gasteiger partial charge is 0.0182 e. The highest BCUT2D eigenvalue weighted by molar-refractivity contribution is 5.06. The van der Waals surface area contributed by atoms with Gasteiger partial charge < -0.3 is 0 Å². The van der Waals surface area contributed by atoms with E-state index in [0.29, 0.717) is 5.54 Å². The van der Waals surface area contributed by atoms with Crippen LogP contribution in [0.2, 0.25) is 0 Å². The number of nitrogens with zero attached hydrogens (tertiary/aromatic N) is 1. The molecule has 0 aromatic heterocycles. The second-order valence-electron chi connectivity index (χ2n) is 9.31. The monoisotopic (exact) mass is 305 g/mol. The van der Waals surface area contributed by atoms with Gasteiger partial charge in [-0.15, -0.1) is 0 Å². The van der Waals surface area contributed by atoms with Crippen molar-refractivity contribution < 1.29 is 0 Å². The van der Waals surface area contributed by atoms with Crippen LogP contribution in [0.3, 0.4) is 0 Å². The van der Waals surface area contributed by atoms with Gasteiger partial charge in [-0.25, -0.2) is 0 Å². The summed E-state index contributed by atoms with van der Waals surface area (Å²) in [4.78, 5) is 3.07. The van der Waals surface area contributed by atoms with E-state index in [0.717, 1.165) is 29.8 Å². The first-order chi connectivity index (χ1) is 10.5. The van der Waals surface area contributed by atoms with Crippen LogP contribution < -0.4 is 0 Å². The Balaban J connectivity index is 1.93. The van der Waals surface area contributed by atoms with Crippen molar-refractivity contribution in [2.45, 2.75) is 116 Å². The average Bonchev–Trinajstić information content (AvgIpc) is 2.60. The minimum absolute atomic E-state index is 0.367. The standard InChI is InChI=1S/C21H39N/c1-16(2)21(3,4)22-19-14-10-6-5-8-12-17(19)18-13-9-7-11-15-20(18)22/h16-20H,5-15H2,1-4H3. The van der Waals surface area contributed by atoms with Crippen molar-refractivity contribution in [3.63, 3.8) is 0 Å². The van der Waals surface area contributed by atoms with Crippen LogP contribution in [0.4, 0.5) is 0 Å². The summed E-state index contributed by atoms with van der Waals surface area (Å²) < 4.78 is 0. The summed E-state index contributed by atoms with van der Waals surface area (Å²) in [5, 5.41) is 0. The highest BCUT2D eigenvalue weighted by atomic mass is 15.3. The molecule has 0 aromatic rings. The Labute approximate surface area is 139 Å². The lowest BCUT2D eigenvalue weighted by molar-refractivity contribution is 0.0103. The lowest BCUT2D eigenvalue weighted by Crippen LogP contribution is -2.54. The predicted octanol–water partition coefficient (Wildman–Crippen LogP) is 6.02. The van der Waals surface area contributed by atoms with E-state index < -0.39 is 0 Å². The van der Waals surface area contributed by atoms with E-state index >= 15 is 0 Å². The van der Waals surface area contributed by atoms with E-state index in [-0.39, 0.29) is 0 Å². The minimum atomic E-state index is 0.367. The van der Waals surface area contributed by atoms with E-state index in [1.54, 1.807) is 0 Å². The second kappa shape index (κ2) is 6.83. The molecule has 128 valence electrons. The van der Waals surface area contributed by atoms with Gasteiger partial charge in [0.2, 0.25) is 0 Å². The van der Waals surface area contributed by atoms with Crippen molar-refractivity contribution >= 4 is 0 Å². The maximum absolute atomic E-state index is 3.07. The molecule has 0 amide bonds. The van der Waals surface area contributed by atoms with E-state index in [1.165, 1.54) is 70.6 Å². The lowest BCUT2D eigenvalue weighted by Gasteiger charge is -2.47. The predicted molar refractivity (Wildman–Crippen MR) is 96.1 cm³/mol. The largest absolute Gasteiger partial charge is 0.291 e. The van der Waals surface area contributed by atoms with Crippen LogP contribution in [0.25, 0.3) is 0 Å². The maximum atomic E-state index is 3.07. The first-order valence-electron chi connectivity index (χ1n) is 10.3. The van der Waals surface area contributed by atoms with Gasteiger partial charge in [0.15, 0.2) is 0 Å². The van der Waals surface area contributed by atoms with Crippen LogP contribution in [0.15, 0.2) is 0 Å². The summed E-state index contributed by atoms with van der Waals surface area (Å²) in [6, 6.07) is 1.79. The Morgan fingerprint density at radius 3 is 1.55 bits per heavy atom. The molecule has 1 nitrogen and oxygen atoms in total. The first kappa shape index (κ1) is 16.8. The molecule has 2 aliphatic carbocycles. The number of likely N-dealkylation sites (tertiary alicyclic amines) is 1. The summed E-state index contributed by atoms with van der Waals surface area (Å²) >= 11 is 0. The van der Waals surface area contributed by atoms with E-state index in [9.17, 15) is 0 Å². The number of fused-ring (bicyclic) bond motifs is 3. The molecule has 1 heterocycles. The van der Waals surface area contributed by atoms with Gasteiger partial charge >= 0.3 is 0 Å². The zero-order chi connectivity index (χ0) is 15.7. The molecule has 0 radical (unpaired) electrons.